The zero-order valence-electron chi connectivity index (χ0n) is 8.23. The molecule has 3 heteroatoms. The third-order valence-electron chi connectivity index (χ3n) is 2.62. The molecule has 1 aromatic carbocycles. The van der Waals surface area contributed by atoms with E-state index in [0.717, 1.165) is 24.3 Å². The lowest BCUT2D eigenvalue weighted by atomic mass is 9.99. The SMILES string of the molecule is C[C@H](O)[C@@H](N)c1cccc2c1OCC2. The Labute approximate surface area is 83.5 Å². The summed E-state index contributed by atoms with van der Waals surface area (Å²) in [6, 6.07) is 5.57. The molecule has 0 bridgehead atoms. The van der Waals surface area contributed by atoms with Gasteiger partial charge < -0.3 is 15.6 Å². The van der Waals surface area contributed by atoms with E-state index >= 15 is 0 Å². The average molecular weight is 193 g/mol. The highest BCUT2D eigenvalue weighted by Crippen LogP contribution is 2.33. The largest absolute Gasteiger partial charge is 0.493 e. The van der Waals surface area contributed by atoms with E-state index in [2.05, 4.69) is 0 Å². The first-order valence-corrected chi connectivity index (χ1v) is 4.88. The number of aliphatic hydroxyl groups is 1. The van der Waals surface area contributed by atoms with E-state index in [4.69, 9.17) is 10.5 Å². The van der Waals surface area contributed by atoms with Crippen molar-refractivity contribution in [1.29, 1.82) is 0 Å². The number of para-hydroxylation sites is 1. The normalized spacial score (nSPS) is 18.5. The van der Waals surface area contributed by atoms with Gasteiger partial charge in [-0.15, -0.1) is 0 Å². The predicted molar refractivity (Wildman–Crippen MR) is 54.3 cm³/mol. The van der Waals surface area contributed by atoms with Crippen molar-refractivity contribution < 1.29 is 9.84 Å². The van der Waals surface area contributed by atoms with Crippen LogP contribution >= 0.6 is 0 Å². The van der Waals surface area contributed by atoms with E-state index in [1.807, 2.05) is 18.2 Å². The van der Waals surface area contributed by atoms with Crippen molar-refractivity contribution in [3.8, 4) is 5.75 Å². The Bertz CT molecular complexity index is 336. The zero-order chi connectivity index (χ0) is 10.1. The number of nitrogens with two attached hydrogens (primary N) is 1. The van der Waals surface area contributed by atoms with Crippen LogP contribution in [0, 0.1) is 0 Å². The zero-order valence-corrected chi connectivity index (χ0v) is 8.23. The Balaban J connectivity index is 2.39. The standard InChI is InChI=1S/C11H15NO2/c1-7(13)10(12)9-4-2-3-8-5-6-14-11(8)9/h2-4,7,10,13H,5-6,12H2,1H3/t7-,10+/m0/s1. The lowest BCUT2D eigenvalue weighted by molar-refractivity contribution is 0.162. The Morgan fingerprint density at radius 3 is 3.00 bits per heavy atom. The summed E-state index contributed by atoms with van der Waals surface area (Å²) in [5, 5.41) is 9.43. The van der Waals surface area contributed by atoms with Crippen molar-refractivity contribution in [2.45, 2.75) is 25.5 Å². The average Bonchev–Trinajstić information content (AvgIpc) is 2.63. The topological polar surface area (TPSA) is 55.5 Å². The highest BCUT2D eigenvalue weighted by molar-refractivity contribution is 5.45. The maximum absolute atomic E-state index is 9.43. The molecule has 0 radical (unpaired) electrons. The van der Waals surface area contributed by atoms with Gasteiger partial charge >= 0.3 is 0 Å². The lowest BCUT2D eigenvalue weighted by Gasteiger charge is -2.17. The molecule has 2 atom stereocenters. The van der Waals surface area contributed by atoms with Crippen LogP contribution in [0.25, 0.3) is 0 Å². The molecule has 0 aliphatic carbocycles. The van der Waals surface area contributed by atoms with Crippen LogP contribution in [-0.4, -0.2) is 17.8 Å². The van der Waals surface area contributed by atoms with Crippen molar-refractivity contribution >= 4 is 0 Å². The maximum atomic E-state index is 9.43. The van der Waals surface area contributed by atoms with E-state index in [1.54, 1.807) is 6.92 Å². The Morgan fingerprint density at radius 1 is 1.50 bits per heavy atom. The van der Waals surface area contributed by atoms with Gasteiger partial charge in [0.15, 0.2) is 0 Å². The van der Waals surface area contributed by atoms with Crippen LogP contribution in [0.3, 0.4) is 0 Å². The number of hydrogen-bond donors (Lipinski definition) is 2. The number of aliphatic hydroxyl groups excluding tert-OH is 1. The van der Waals surface area contributed by atoms with Crippen LogP contribution in [-0.2, 0) is 6.42 Å². The minimum absolute atomic E-state index is 0.358. The smallest absolute Gasteiger partial charge is 0.127 e. The lowest BCUT2D eigenvalue weighted by Crippen LogP contribution is -2.23. The van der Waals surface area contributed by atoms with E-state index < -0.39 is 6.10 Å². The molecule has 3 nitrogen and oxygen atoms in total. The molecule has 0 saturated heterocycles. The summed E-state index contributed by atoms with van der Waals surface area (Å²) in [7, 11) is 0. The van der Waals surface area contributed by atoms with Gasteiger partial charge in [-0.25, -0.2) is 0 Å². The number of benzene rings is 1. The van der Waals surface area contributed by atoms with Crippen LogP contribution in [0.1, 0.15) is 24.1 Å². The van der Waals surface area contributed by atoms with Crippen molar-refractivity contribution in [3.63, 3.8) is 0 Å². The summed E-state index contributed by atoms with van der Waals surface area (Å²) in [6.45, 7) is 2.41. The van der Waals surface area contributed by atoms with Gasteiger partial charge in [-0.2, -0.15) is 0 Å². The number of hydrogen-bond acceptors (Lipinski definition) is 3. The minimum atomic E-state index is -0.550. The molecule has 0 spiro atoms. The first-order chi connectivity index (χ1) is 6.70. The summed E-state index contributed by atoms with van der Waals surface area (Å²) in [5.74, 6) is 0.876. The third kappa shape index (κ3) is 1.49. The highest BCUT2D eigenvalue weighted by Gasteiger charge is 2.22. The fraction of sp³-hybridized carbons (Fsp3) is 0.455. The fourth-order valence-electron chi connectivity index (χ4n) is 1.76. The molecule has 76 valence electrons. The molecule has 0 fully saturated rings. The van der Waals surface area contributed by atoms with Gasteiger partial charge in [0.2, 0.25) is 0 Å². The van der Waals surface area contributed by atoms with Crippen LogP contribution in [0.15, 0.2) is 18.2 Å². The molecule has 2 rings (SSSR count). The molecule has 1 aromatic rings. The van der Waals surface area contributed by atoms with Crippen molar-refractivity contribution in [2.24, 2.45) is 5.73 Å². The molecular weight excluding hydrogens is 178 g/mol. The molecule has 1 heterocycles. The maximum Gasteiger partial charge on any atom is 0.127 e. The van der Waals surface area contributed by atoms with Gasteiger partial charge in [-0.1, -0.05) is 18.2 Å². The van der Waals surface area contributed by atoms with Gasteiger partial charge in [-0.05, 0) is 12.5 Å². The molecule has 1 aliphatic rings. The van der Waals surface area contributed by atoms with Crippen molar-refractivity contribution in [3.05, 3.63) is 29.3 Å². The van der Waals surface area contributed by atoms with Gasteiger partial charge in [0.05, 0.1) is 18.8 Å². The molecule has 0 unspecified atom stereocenters. The van der Waals surface area contributed by atoms with Crippen LogP contribution in [0.4, 0.5) is 0 Å². The summed E-state index contributed by atoms with van der Waals surface area (Å²) in [4.78, 5) is 0. The fourth-order valence-corrected chi connectivity index (χ4v) is 1.76. The van der Waals surface area contributed by atoms with E-state index in [9.17, 15) is 5.11 Å². The monoisotopic (exact) mass is 193 g/mol. The van der Waals surface area contributed by atoms with Gasteiger partial charge in [-0.3, -0.25) is 0 Å². The second-order valence-electron chi connectivity index (χ2n) is 3.70. The van der Waals surface area contributed by atoms with Crippen LogP contribution in [0.2, 0.25) is 0 Å². The molecule has 14 heavy (non-hydrogen) atoms. The number of rotatable bonds is 2. The van der Waals surface area contributed by atoms with Crippen molar-refractivity contribution in [1.82, 2.24) is 0 Å². The second kappa shape index (κ2) is 3.59. The van der Waals surface area contributed by atoms with Gasteiger partial charge in [0, 0.05) is 12.0 Å². The minimum Gasteiger partial charge on any atom is -0.493 e. The van der Waals surface area contributed by atoms with E-state index in [0.29, 0.717) is 0 Å². The van der Waals surface area contributed by atoms with Crippen LogP contribution in [0.5, 0.6) is 5.75 Å². The van der Waals surface area contributed by atoms with Crippen LogP contribution < -0.4 is 10.5 Å². The van der Waals surface area contributed by atoms with Crippen molar-refractivity contribution in [2.75, 3.05) is 6.61 Å². The van der Waals surface area contributed by atoms with E-state index in [1.165, 1.54) is 5.56 Å². The summed E-state index contributed by atoms with van der Waals surface area (Å²) in [5.41, 5.74) is 7.99. The Kier molecular flexibility index (Phi) is 2.44. The van der Waals surface area contributed by atoms with Gasteiger partial charge in [0.1, 0.15) is 5.75 Å². The molecule has 0 amide bonds. The second-order valence-corrected chi connectivity index (χ2v) is 3.70. The predicted octanol–water partition coefficient (Wildman–Crippen LogP) is 1.00. The molecule has 1 aliphatic heterocycles. The first-order valence-electron chi connectivity index (χ1n) is 4.88. The molecule has 0 saturated carbocycles. The van der Waals surface area contributed by atoms with Gasteiger partial charge in [0.25, 0.3) is 0 Å². The summed E-state index contributed by atoms with van der Waals surface area (Å²) < 4.78 is 5.51. The number of fused-ring (bicyclic) bond motifs is 1. The third-order valence-corrected chi connectivity index (χ3v) is 2.62. The molecule has 3 N–H and O–H groups in total. The summed E-state index contributed by atoms with van der Waals surface area (Å²) >= 11 is 0. The summed E-state index contributed by atoms with van der Waals surface area (Å²) in [6.07, 6.45) is 0.390. The van der Waals surface area contributed by atoms with E-state index in [-0.39, 0.29) is 6.04 Å². The first kappa shape index (κ1) is 9.49. The molecular formula is C11H15NO2. The molecule has 0 aromatic heterocycles. The quantitative estimate of drug-likeness (QED) is 0.736. The Morgan fingerprint density at radius 2 is 2.29 bits per heavy atom. The number of ether oxygens (including phenoxy) is 1. The highest BCUT2D eigenvalue weighted by atomic mass is 16.5. The Hall–Kier alpha value is -1.06.